The molecule has 1 aromatic rings. The van der Waals surface area contributed by atoms with Crippen LogP contribution < -0.4 is 16.2 Å². The highest BCUT2D eigenvalue weighted by Crippen LogP contribution is 2.32. The van der Waals surface area contributed by atoms with Crippen molar-refractivity contribution in [2.45, 2.75) is 13.0 Å². The van der Waals surface area contributed by atoms with Crippen LogP contribution in [0.3, 0.4) is 0 Å². The zero-order valence-electron chi connectivity index (χ0n) is 9.44. The standard InChI is InChI=1S/C11H10ClN3O3/c1-5(10(17)14-13)15-8-3-2-6(12)4-7(8)9(16)11(15)18/h2-5H,13H2,1H3,(H,14,17). The van der Waals surface area contributed by atoms with Gasteiger partial charge in [0.1, 0.15) is 6.04 Å². The summed E-state index contributed by atoms with van der Waals surface area (Å²) < 4.78 is 0. The Labute approximate surface area is 108 Å². The van der Waals surface area contributed by atoms with Crippen molar-refractivity contribution in [3.05, 3.63) is 28.8 Å². The molecule has 1 heterocycles. The van der Waals surface area contributed by atoms with E-state index in [9.17, 15) is 14.4 Å². The Morgan fingerprint density at radius 1 is 1.44 bits per heavy atom. The van der Waals surface area contributed by atoms with Crippen LogP contribution in [-0.2, 0) is 9.59 Å². The normalized spacial score (nSPS) is 15.6. The number of nitrogens with zero attached hydrogens (tertiary/aromatic N) is 1. The number of benzene rings is 1. The fraction of sp³-hybridized carbons (Fsp3) is 0.182. The molecule has 2 amide bonds. The fourth-order valence-corrected chi connectivity index (χ4v) is 2.03. The van der Waals surface area contributed by atoms with E-state index in [1.165, 1.54) is 19.1 Å². The molecular formula is C11H10ClN3O3. The number of halogens is 1. The molecule has 0 saturated carbocycles. The molecule has 1 unspecified atom stereocenters. The van der Waals surface area contributed by atoms with Gasteiger partial charge in [0.2, 0.25) is 0 Å². The molecule has 7 heteroatoms. The SMILES string of the molecule is CC(C(=O)NN)N1C(=O)C(=O)c2cc(Cl)ccc21. The van der Waals surface area contributed by atoms with E-state index < -0.39 is 23.6 Å². The van der Waals surface area contributed by atoms with E-state index in [2.05, 4.69) is 0 Å². The predicted octanol–water partition coefficient (Wildman–Crippen LogP) is 0.248. The van der Waals surface area contributed by atoms with Crippen LogP contribution in [0.25, 0.3) is 0 Å². The smallest absolute Gasteiger partial charge is 0.293 e. The molecule has 1 aromatic carbocycles. The van der Waals surface area contributed by atoms with Crippen LogP contribution in [0.2, 0.25) is 5.02 Å². The van der Waals surface area contributed by atoms with Crippen LogP contribution in [0.1, 0.15) is 17.3 Å². The fourth-order valence-electron chi connectivity index (χ4n) is 1.86. The van der Waals surface area contributed by atoms with Crippen molar-refractivity contribution in [1.29, 1.82) is 0 Å². The van der Waals surface area contributed by atoms with E-state index in [0.717, 1.165) is 4.90 Å². The molecule has 3 N–H and O–H groups in total. The molecule has 0 aromatic heterocycles. The summed E-state index contributed by atoms with van der Waals surface area (Å²) in [5, 5.41) is 0.354. The highest BCUT2D eigenvalue weighted by molar-refractivity contribution is 6.53. The van der Waals surface area contributed by atoms with E-state index in [0.29, 0.717) is 10.7 Å². The van der Waals surface area contributed by atoms with Crippen LogP contribution in [0, 0.1) is 0 Å². The maximum absolute atomic E-state index is 11.8. The first-order valence-electron chi connectivity index (χ1n) is 5.15. The van der Waals surface area contributed by atoms with Gasteiger partial charge in [-0.05, 0) is 25.1 Å². The molecule has 6 nitrogen and oxygen atoms in total. The van der Waals surface area contributed by atoms with E-state index >= 15 is 0 Å². The molecular weight excluding hydrogens is 258 g/mol. The summed E-state index contributed by atoms with van der Waals surface area (Å²) in [6.07, 6.45) is 0. The number of anilines is 1. The van der Waals surface area contributed by atoms with E-state index in [-0.39, 0.29) is 5.56 Å². The molecule has 0 fully saturated rings. The second-order valence-electron chi connectivity index (χ2n) is 3.85. The average molecular weight is 268 g/mol. The van der Waals surface area contributed by atoms with Crippen molar-refractivity contribution < 1.29 is 14.4 Å². The highest BCUT2D eigenvalue weighted by Gasteiger charge is 2.40. The van der Waals surface area contributed by atoms with Crippen LogP contribution in [0.4, 0.5) is 5.69 Å². The molecule has 0 saturated heterocycles. The number of rotatable bonds is 2. The van der Waals surface area contributed by atoms with Crippen molar-refractivity contribution in [3.63, 3.8) is 0 Å². The van der Waals surface area contributed by atoms with Gasteiger partial charge < -0.3 is 0 Å². The molecule has 1 atom stereocenters. The average Bonchev–Trinajstić information content (AvgIpc) is 2.60. The Kier molecular flexibility index (Phi) is 3.06. The second-order valence-corrected chi connectivity index (χ2v) is 4.29. The van der Waals surface area contributed by atoms with Gasteiger partial charge >= 0.3 is 0 Å². The largest absolute Gasteiger partial charge is 0.300 e. The lowest BCUT2D eigenvalue weighted by molar-refractivity contribution is -0.124. The number of hydrogen-bond acceptors (Lipinski definition) is 4. The van der Waals surface area contributed by atoms with Gasteiger partial charge in [0, 0.05) is 5.02 Å². The maximum atomic E-state index is 11.8. The molecule has 0 spiro atoms. The number of ketones is 1. The third-order valence-corrected chi connectivity index (χ3v) is 3.02. The minimum atomic E-state index is -0.867. The first-order valence-corrected chi connectivity index (χ1v) is 5.53. The number of amides is 2. The topological polar surface area (TPSA) is 92.5 Å². The van der Waals surface area contributed by atoms with Crippen LogP contribution >= 0.6 is 11.6 Å². The van der Waals surface area contributed by atoms with Crippen molar-refractivity contribution in [2.24, 2.45) is 5.84 Å². The van der Waals surface area contributed by atoms with Crippen molar-refractivity contribution in [1.82, 2.24) is 5.43 Å². The number of nitrogens with one attached hydrogen (secondary N) is 1. The Hall–Kier alpha value is -1.92. The van der Waals surface area contributed by atoms with Gasteiger partial charge in [-0.1, -0.05) is 11.6 Å². The minimum absolute atomic E-state index is 0.198. The summed E-state index contributed by atoms with van der Waals surface area (Å²) in [5.41, 5.74) is 2.51. The summed E-state index contributed by atoms with van der Waals surface area (Å²) in [7, 11) is 0. The third kappa shape index (κ3) is 1.75. The van der Waals surface area contributed by atoms with E-state index in [4.69, 9.17) is 17.4 Å². The first-order chi connectivity index (χ1) is 8.47. The van der Waals surface area contributed by atoms with Gasteiger partial charge in [-0.25, -0.2) is 5.84 Å². The lowest BCUT2D eigenvalue weighted by atomic mass is 10.1. The summed E-state index contributed by atoms with van der Waals surface area (Å²) in [4.78, 5) is 36.2. The Bertz CT molecular complexity index is 558. The summed E-state index contributed by atoms with van der Waals surface area (Å²) in [5.74, 6) is 3.03. The molecule has 1 aliphatic rings. The predicted molar refractivity (Wildman–Crippen MR) is 65.1 cm³/mol. The van der Waals surface area contributed by atoms with Gasteiger partial charge in [0.05, 0.1) is 11.3 Å². The second kappa shape index (κ2) is 4.40. The number of fused-ring (bicyclic) bond motifs is 1. The number of hydrazine groups is 1. The molecule has 0 aliphatic carbocycles. The van der Waals surface area contributed by atoms with Gasteiger partial charge in [-0.2, -0.15) is 0 Å². The minimum Gasteiger partial charge on any atom is -0.293 e. The van der Waals surface area contributed by atoms with Gasteiger partial charge in [0.25, 0.3) is 17.6 Å². The van der Waals surface area contributed by atoms with Crippen LogP contribution in [-0.4, -0.2) is 23.6 Å². The van der Waals surface area contributed by atoms with Crippen molar-refractivity contribution >= 4 is 34.9 Å². The Balaban J connectivity index is 2.49. The number of nitrogens with two attached hydrogens (primary N) is 1. The zero-order chi connectivity index (χ0) is 13.4. The lowest BCUT2D eigenvalue weighted by Gasteiger charge is -2.22. The molecule has 0 radical (unpaired) electrons. The highest BCUT2D eigenvalue weighted by atomic mass is 35.5. The van der Waals surface area contributed by atoms with Gasteiger partial charge in [0.15, 0.2) is 0 Å². The molecule has 18 heavy (non-hydrogen) atoms. The van der Waals surface area contributed by atoms with Gasteiger partial charge in [-0.3, -0.25) is 24.7 Å². The van der Waals surface area contributed by atoms with Crippen LogP contribution in [0.15, 0.2) is 18.2 Å². The van der Waals surface area contributed by atoms with E-state index in [1.54, 1.807) is 6.07 Å². The molecule has 1 aliphatic heterocycles. The monoisotopic (exact) mass is 267 g/mol. The van der Waals surface area contributed by atoms with Crippen molar-refractivity contribution in [3.8, 4) is 0 Å². The lowest BCUT2D eigenvalue weighted by Crippen LogP contribution is -2.49. The van der Waals surface area contributed by atoms with Crippen LogP contribution in [0.5, 0.6) is 0 Å². The number of carbonyl (C=O) groups is 3. The first kappa shape index (κ1) is 12.5. The van der Waals surface area contributed by atoms with E-state index in [1.807, 2.05) is 5.43 Å². The summed E-state index contributed by atoms with van der Waals surface area (Å²) in [6, 6.07) is 3.62. The molecule has 0 bridgehead atoms. The summed E-state index contributed by atoms with van der Waals surface area (Å²) in [6.45, 7) is 1.48. The Morgan fingerprint density at radius 3 is 2.72 bits per heavy atom. The van der Waals surface area contributed by atoms with Crippen molar-refractivity contribution in [2.75, 3.05) is 4.90 Å². The molecule has 94 valence electrons. The van der Waals surface area contributed by atoms with Gasteiger partial charge in [-0.15, -0.1) is 0 Å². The number of Topliss-reactive ketones (excluding diaryl/α,β-unsaturated/α-hetero) is 1. The number of carbonyl (C=O) groups excluding carboxylic acids is 3. The number of hydrogen-bond donors (Lipinski definition) is 2. The molecule has 2 rings (SSSR count). The summed E-state index contributed by atoms with van der Waals surface area (Å²) >= 11 is 5.77. The Morgan fingerprint density at radius 2 is 2.11 bits per heavy atom. The third-order valence-electron chi connectivity index (χ3n) is 2.78. The maximum Gasteiger partial charge on any atom is 0.300 e. The quantitative estimate of drug-likeness (QED) is 0.348. The zero-order valence-corrected chi connectivity index (χ0v) is 10.2.